The van der Waals surface area contributed by atoms with Crippen molar-refractivity contribution in [1.29, 1.82) is 0 Å². The Hall–Kier alpha value is -2.76. The summed E-state index contributed by atoms with van der Waals surface area (Å²) in [5, 5.41) is 1.22. The Labute approximate surface area is 166 Å². The molecular weight excluding hydrogens is 377 g/mol. The summed E-state index contributed by atoms with van der Waals surface area (Å²) in [6.07, 6.45) is -1.90. The summed E-state index contributed by atoms with van der Waals surface area (Å²) >= 11 is 0. The Morgan fingerprint density at radius 1 is 1.10 bits per heavy atom. The second kappa shape index (κ2) is 6.37. The lowest BCUT2D eigenvalue weighted by Crippen LogP contribution is -2.43. The Bertz CT molecular complexity index is 1130. The van der Waals surface area contributed by atoms with Crippen LogP contribution in [0.1, 0.15) is 51.6 Å². The van der Waals surface area contributed by atoms with Crippen LogP contribution in [0.3, 0.4) is 0 Å². The molecule has 5 rings (SSSR count). The quantitative estimate of drug-likeness (QED) is 0.531. The predicted molar refractivity (Wildman–Crippen MR) is 105 cm³/mol. The molecule has 2 aliphatic rings. The molecule has 0 N–H and O–H groups in total. The maximum absolute atomic E-state index is 13.5. The summed E-state index contributed by atoms with van der Waals surface area (Å²) in [6, 6.07) is 11.3. The predicted octanol–water partition coefficient (Wildman–Crippen LogP) is 5.50. The summed E-state index contributed by atoms with van der Waals surface area (Å²) in [6.45, 7) is 3.08. The van der Waals surface area contributed by atoms with Crippen LogP contribution in [0.5, 0.6) is 0 Å². The van der Waals surface area contributed by atoms with E-state index in [2.05, 4.69) is 29.7 Å². The van der Waals surface area contributed by atoms with E-state index in [0.29, 0.717) is 13.1 Å². The zero-order valence-corrected chi connectivity index (χ0v) is 16.1. The van der Waals surface area contributed by atoms with E-state index in [-0.39, 0.29) is 11.6 Å². The lowest BCUT2D eigenvalue weighted by molar-refractivity contribution is -0.138. The van der Waals surface area contributed by atoms with Gasteiger partial charge in [0, 0.05) is 29.7 Å². The number of benzene rings is 2. The second-order valence-electron chi connectivity index (χ2n) is 7.99. The van der Waals surface area contributed by atoms with Gasteiger partial charge in [-0.05, 0) is 56.0 Å². The fourth-order valence-electron chi connectivity index (χ4n) is 5.03. The van der Waals surface area contributed by atoms with Crippen LogP contribution in [0, 0.1) is 6.92 Å². The molecule has 3 nitrogen and oxygen atoms in total. The van der Waals surface area contributed by atoms with Crippen LogP contribution in [0.4, 0.5) is 13.2 Å². The van der Waals surface area contributed by atoms with Crippen LogP contribution in [-0.2, 0) is 19.1 Å². The number of fused-ring (bicyclic) bond motifs is 3. The topological polar surface area (TPSA) is 25.2 Å². The van der Waals surface area contributed by atoms with Gasteiger partial charge in [-0.3, -0.25) is 4.79 Å². The third-order valence-corrected chi connectivity index (χ3v) is 6.25. The first kappa shape index (κ1) is 18.3. The van der Waals surface area contributed by atoms with Gasteiger partial charge in [0.1, 0.15) is 0 Å². The first-order valence-electron chi connectivity index (χ1n) is 9.95. The molecule has 1 aromatic heterocycles. The average Bonchev–Trinajstić information content (AvgIpc) is 3.02. The number of hydrogen-bond donors (Lipinski definition) is 0. The van der Waals surface area contributed by atoms with Crippen molar-refractivity contribution in [2.45, 2.75) is 44.9 Å². The van der Waals surface area contributed by atoms with Crippen molar-refractivity contribution in [1.82, 2.24) is 9.47 Å². The highest BCUT2D eigenvalue weighted by Gasteiger charge is 2.40. The molecule has 0 fully saturated rings. The Kier molecular flexibility index (Phi) is 4.02. The Balaban J connectivity index is 1.61. The van der Waals surface area contributed by atoms with Gasteiger partial charge >= 0.3 is 6.18 Å². The van der Waals surface area contributed by atoms with E-state index in [1.807, 2.05) is 0 Å². The minimum absolute atomic E-state index is 0.172. The molecular formula is C23H21F3N2O. The number of carbonyl (C=O) groups is 1. The van der Waals surface area contributed by atoms with Crippen LogP contribution in [-0.4, -0.2) is 21.9 Å². The third kappa shape index (κ3) is 2.76. The van der Waals surface area contributed by atoms with E-state index in [9.17, 15) is 18.0 Å². The first-order chi connectivity index (χ1) is 13.9. The molecule has 2 heterocycles. The summed E-state index contributed by atoms with van der Waals surface area (Å²) < 4.78 is 42.7. The molecule has 1 aliphatic carbocycles. The van der Waals surface area contributed by atoms with Crippen LogP contribution >= 0.6 is 0 Å². The zero-order valence-electron chi connectivity index (χ0n) is 16.1. The number of carbonyl (C=O) groups excluding carboxylic acids is 1. The largest absolute Gasteiger partial charge is 0.417 e. The lowest BCUT2D eigenvalue weighted by atomic mass is 9.89. The van der Waals surface area contributed by atoms with Crippen molar-refractivity contribution in [3.63, 3.8) is 0 Å². The third-order valence-electron chi connectivity index (χ3n) is 6.25. The molecule has 0 unspecified atom stereocenters. The minimum atomic E-state index is -4.55. The van der Waals surface area contributed by atoms with Gasteiger partial charge in [0.05, 0.1) is 17.2 Å². The SMILES string of the molecule is Cc1ccc2c(c1)c1c3n2CCN(C(=O)c2ccccc2C(F)(F)F)[C@H]3CCC1. The molecule has 0 bridgehead atoms. The van der Waals surface area contributed by atoms with Crippen molar-refractivity contribution < 1.29 is 18.0 Å². The highest BCUT2D eigenvalue weighted by atomic mass is 19.4. The van der Waals surface area contributed by atoms with Crippen molar-refractivity contribution in [3.8, 4) is 0 Å². The summed E-state index contributed by atoms with van der Waals surface area (Å²) in [4.78, 5) is 14.9. The van der Waals surface area contributed by atoms with Gasteiger partial charge in [0.15, 0.2) is 0 Å². The average molecular weight is 398 g/mol. The molecule has 29 heavy (non-hydrogen) atoms. The van der Waals surface area contributed by atoms with Crippen LogP contribution in [0.15, 0.2) is 42.5 Å². The lowest BCUT2D eigenvalue weighted by Gasteiger charge is -2.40. The van der Waals surface area contributed by atoms with Crippen LogP contribution < -0.4 is 0 Å². The van der Waals surface area contributed by atoms with Gasteiger partial charge in [-0.25, -0.2) is 0 Å². The maximum atomic E-state index is 13.5. The van der Waals surface area contributed by atoms with Crippen molar-refractivity contribution in [2.24, 2.45) is 0 Å². The molecule has 6 heteroatoms. The molecule has 1 aliphatic heterocycles. The second-order valence-corrected chi connectivity index (χ2v) is 7.99. The van der Waals surface area contributed by atoms with E-state index in [4.69, 9.17) is 0 Å². The number of amides is 1. The maximum Gasteiger partial charge on any atom is 0.417 e. The molecule has 0 saturated heterocycles. The van der Waals surface area contributed by atoms with Crippen molar-refractivity contribution >= 4 is 16.8 Å². The first-order valence-corrected chi connectivity index (χ1v) is 9.95. The van der Waals surface area contributed by atoms with E-state index >= 15 is 0 Å². The zero-order chi connectivity index (χ0) is 20.3. The number of nitrogens with zero attached hydrogens (tertiary/aromatic N) is 2. The highest BCUT2D eigenvalue weighted by Crippen LogP contribution is 2.44. The standard InChI is InChI=1S/C23H21F3N2O/c1-14-9-10-19-17(13-14)15-6-4-8-20-21(15)27(19)11-12-28(20)22(29)16-5-2-3-7-18(16)23(24,25)26/h2-3,5,7,9-10,13,20H,4,6,8,11-12H2,1H3/t20-/m0/s1. The number of rotatable bonds is 1. The summed E-state index contributed by atoms with van der Waals surface area (Å²) in [5.41, 5.74) is 3.60. The van der Waals surface area contributed by atoms with Gasteiger partial charge in [-0.1, -0.05) is 23.8 Å². The van der Waals surface area contributed by atoms with E-state index < -0.39 is 17.6 Å². The monoisotopic (exact) mass is 398 g/mol. The van der Waals surface area contributed by atoms with E-state index in [1.165, 1.54) is 34.7 Å². The van der Waals surface area contributed by atoms with Gasteiger partial charge in [-0.2, -0.15) is 13.2 Å². The number of alkyl halides is 3. The molecule has 1 amide bonds. The fourth-order valence-corrected chi connectivity index (χ4v) is 5.03. The summed E-state index contributed by atoms with van der Waals surface area (Å²) in [5.74, 6) is -0.525. The van der Waals surface area contributed by atoms with E-state index in [1.54, 1.807) is 4.90 Å². The van der Waals surface area contributed by atoms with Crippen LogP contribution in [0.2, 0.25) is 0 Å². The van der Waals surface area contributed by atoms with Gasteiger partial charge in [-0.15, -0.1) is 0 Å². The smallest absolute Gasteiger partial charge is 0.341 e. The Morgan fingerprint density at radius 3 is 2.69 bits per heavy atom. The molecule has 3 aromatic rings. The number of hydrogen-bond acceptors (Lipinski definition) is 1. The Morgan fingerprint density at radius 2 is 1.90 bits per heavy atom. The van der Waals surface area contributed by atoms with Gasteiger partial charge < -0.3 is 9.47 Å². The fraction of sp³-hybridized carbons (Fsp3) is 0.348. The number of aryl methyl sites for hydroxylation is 2. The summed E-state index contributed by atoms with van der Waals surface area (Å²) in [7, 11) is 0. The van der Waals surface area contributed by atoms with Crippen LogP contribution in [0.25, 0.3) is 10.9 Å². The molecule has 1 atom stereocenters. The van der Waals surface area contributed by atoms with E-state index in [0.717, 1.165) is 36.5 Å². The highest BCUT2D eigenvalue weighted by molar-refractivity contribution is 5.97. The normalized spacial score (nSPS) is 18.8. The van der Waals surface area contributed by atoms with Crippen molar-refractivity contribution in [2.75, 3.05) is 6.54 Å². The number of aromatic nitrogens is 1. The van der Waals surface area contributed by atoms with Gasteiger partial charge in [0.2, 0.25) is 0 Å². The minimum Gasteiger partial charge on any atom is -0.341 e. The molecule has 0 saturated carbocycles. The molecule has 0 spiro atoms. The molecule has 2 aromatic carbocycles. The molecule has 150 valence electrons. The van der Waals surface area contributed by atoms with Gasteiger partial charge in [0.25, 0.3) is 5.91 Å². The number of halogens is 3. The van der Waals surface area contributed by atoms with Crippen molar-refractivity contribution in [3.05, 3.63) is 70.4 Å². The molecule has 0 radical (unpaired) electrons.